The summed E-state index contributed by atoms with van der Waals surface area (Å²) in [6.07, 6.45) is 0. The number of benzene rings is 2. The zero-order valence-corrected chi connectivity index (χ0v) is 10.3. The van der Waals surface area contributed by atoms with Crippen molar-refractivity contribution >= 4 is 29.0 Å². The van der Waals surface area contributed by atoms with Crippen LogP contribution in [0.25, 0.3) is 0 Å². The minimum Gasteiger partial charge on any atom is -0.460 e. The van der Waals surface area contributed by atoms with E-state index in [4.69, 9.17) is 16.3 Å². The van der Waals surface area contributed by atoms with Gasteiger partial charge in [-0.25, -0.2) is 0 Å². The molecule has 0 saturated carbocycles. The highest BCUT2D eigenvalue weighted by atomic mass is 35.5. The Kier molecular flexibility index (Phi) is 2.90. The average Bonchev–Trinajstić information content (AvgIpc) is 2.41. The minimum atomic E-state index is 0.474. The number of aliphatic imine (C=N–C) groups is 1. The van der Waals surface area contributed by atoms with E-state index in [1.54, 1.807) is 0 Å². The summed E-state index contributed by atoms with van der Waals surface area (Å²) in [7, 11) is 0. The van der Waals surface area contributed by atoms with E-state index in [0.717, 1.165) is 16.9 Å². The highest BCUT2D eigenvalue weighted by Crippen LogP contribution is 2.26. The predicted octanol–water partition coefficient (Wildman–Crippen LogP) is 3.97. The van der Waals surface area contributed by atoms with Crippen molar-refractivity contribution in [2.45, 2.75) is 6.61 Å². The first kappa shape index (κ1) is 11.1. The summed E-state index contributed by atoms with van der Waals surface area (Å²) in [5.41, 5.74) is 2.80. The lowest BCUT2D eigenvalue weighted by molar-refractivity contribution is 0.286. The van der Waals surface area contributed by atoms with Crippen LogP contribution < -0.4 is 5.32 Å². The van der Waals surface area contributed by atoms with Crippen LogP contribution in [-0.2, 0) is 11.3 Å². The van der Waals surface area contributed by atoms with Crippen LogP contribution in [0.4, 0.5) is 11.4 Å². The van der Waals surface area contributed by atoms with Gasteiger partial charge < -0.3 is 10.1 Å². The van der Waals surface area contributed by atoms with Crippen molar-refractivity contribution in [3.63, 3.8) is 0 Å². The third-order valence-corrected chi connectivity index (χ3v) is 3.02. The van der Waals surface area contributed by atoms with E-state index >= 15 is 0 Å². The van der Waals surface area contributed by atoms with Crippen LogP contribution in [0, 0.1) is 0 Å². The number of nitrogens with one attached hydrogen (secondary N) is 1. The van der Waals surface area contributed by atoms with Crippen molar-refractivity contribution in [1.82, 2.24) is 0 Å². The summed E-state index contributed by atoms with van der Waals surface area (Å²) in [6, 6.07) is 15.9. The lowest BCUT2D eigenvalue weighted by Crippen LogP contribution is -2.18. The second kappa shape index (κ2) is 4.70. The number of ether oxygens (including phenoxy) is 1. The third-order valence-electron chi connectivity index (χ3n) is 2.69. The van der Waals surface area contributed by atoms with Crippen molar-refractivity contribution < 1.29 is 4.74 Å². The lowest BCUT2D eigenvalue weighted by Gasteiger charge is -2.17. The Morgan fingerprint density at radius 3 is 2.72 bits per heavy atom. The number of hydrogen-bond donors (Lipinski definition) is 1. The molecule has 0 radical (unpaired) electrons. The molecule has 2 aromatic carbocycles. The van der Waals surface area contributed by atoms with E-state index in [-0.39, 0.29) is 0 Å². The molecule has 0 amide bonds. The molecular formula is C14H11ClN2O. The number of fused-ring (bicyclic) bond motifs is 1. The molecule has 1 aliphatic heterocycles. The second-order valence-electron chi connectivity index (χ2n) is 3.94. The molecule has 0 bridgehead atoms. The number of nitrogens with zero attached hydrogens (tertiary/aromatic N) is 1. The Bertz CT molecular complexity index is 610. The monoisotopic (exact) mass is 258 g/mol. The first-order chi connectivity index (χ1) is 8.83. The molecule has 0 aromatic heterocycles. The van der Waals surface area contributed by atoms with Crippen LogP contribution >= 0.6 is 11.6 Å². The molecule has 1 heterocycles. The van der Waals surface area contributed by atoms with E-state index in [1.807, 2.05) is 48.5 Å². The SMILES string of the molecule is Clc1ccccc1NC1=Nc2ccccc2CO1. The fraction of sp³-hybridized carbons (Fsp3) is 0.0714. The molecule has 0 aliphatic carbocycles. The maximum atomic E-state index is 6.07. The smallest absolute Gasteiger partial charge is 0.294 e. The first-order valence-electron chi connectivity index (χ1n) is 5.64. The van der Waals surface area contributed by atoms with E-state index in [2.05, 4.69) is 10.3 Å². The van der Waals surface area contributed by atoms with Gasteiger partial charge in [-0.2, -0.15) is 4.99 Å². The summed E-state index contributed by atoms with van der Waals surface area (Å²) < 4.78 is 5.54. The summed E-state index contributed by atoms with van der Waals surface area (Å²) >= 11 is 6.07. The average molecular weight is 259 g/mol. The minimum absolute atomic E-state index is 0.474. The highest BCUT2D eigenvalue weighted by molar-refractivity contribution is 6.33. The molecule has 4 heteroatoms. The van der Waals surface area contributed by atoms with Gasteiger partial charge in [0.15, 0.2) is 0 Å². The van der Waals surface area contributed by atoms with Crippen LogP contribution in [0.15, 0.2) is 53.5 Å². The van der Waals surface area contributed by atoms with Crippen molar-refractivity contribution in [3.05, 3.63) is 59.1 Å². The molecule has 0 spiro atoms. The molecule has 0 atom stereocenters. The number of amidine groups is 1. The van der Waals surface area contributed by atoms with Gasteiger partial charge in [0.1, 0.15) is 6.61 Å². The second-order valence-corrected chi connectivity index (χ2v) is 4.35. The molecule has 18 heavy (non-hydrogen) atoms. The molecule has 0 saturated heterocycles. The fourth-order valence-corrected chi connectivity index (χ4v) is 1.95. The van der Waals surface area contributed by atoms with Gasteiger partial charge in [-0.1, -0.05) is 41.9 Å². The number of hydrogen-bond acceptors (Lipinski definition) is 3. The Balaban J connectivity index is 1.88. The normalized spacial score (nSPS) is 13.3. The van der Waals surface area contributed by atoms with Gasteiger partial charge in [0.2, 0.25) is 0 Å². The molecule has 2 aromatic rings. The molecule has 90 valence electrons. The highest BCUT2D eigenvalue weighted by Gasteiger charge is 2.13. The molecule has 0 unspecified atom stereocenters. The van der Waals surface area contributed by atoms with Gasteiger partial charge in [0.05, 0.1) is 16.4 Å². The molecule has 1 aliphatic rings. The van der Waals surface area contributed by atoms with Crippen molar-refractivity contribution in [2.75, 3.05) is 5.32 Å². The van der Waals surface area contributed by atoms with Crippen LogP contribution in [-0.4, -0.2) is 6.02 Å². The number of anilines is 1. The molecule has 3 nitrogen and oxygen atoms in total. The number of para-hydroxylation sites is 2. The predicted molar refractivity (Wildman–Crippen MR) is 73.4 cm³/mol. The van der Waals surface area contributed by atoms with Crippen LogP contribution in [0.2, 0.25) is 5.02 Å². The summed E-state index contributed by atoms with van der Waals surface area (Å²) in [6.45, 7) is 0.520. The maximum Gasteiger partial charge on any atom is 0.294 e. The zero-order chi connectivity index (χ0) is 12.4. The van der Waals surface area contributed by atoms with Gasteiger partial charge in [0.25, 0.3) is 6.02 Å². The molecule has 1 N–H and O–H groups in total. The van der Waals surface area contributed by atoms with E-state index < -0.39 is 0 Å². The van der Waals surface area contributed by atoms with E-state index in [9.17, 15) is 0 Å². The topological polar surface area (TPSA) is 33.6 Å². The summed E-state index contributed by atoms with van der Waals surface area (Å²) in [4.78, 5) is 4.41. The third kappa shape index (κ3) is 2.17. The van der Waals surface area contributed by atoms with Crippen LogP contribution in [0.1, 0.15) is 5.56 Å². The van der Waals surface area contributed by atoms with Crippen molar-refractivity contribution in [3.8, 4) is 0 Å². The maximum absolute atomic E-state index is 6.07. The van der Waals surface area contributed by atoms with Gasteiger partial charge >= 0.3 is 0 Å². The zero-order valence-electron chi connectivity index (χ0n) is 9.56. The molecule has 3 rings (SSSR count). The van der Waals surface area contributed by atoms with Gasteiger partial charge in [-0.3, -0.25) is 0 Å². The largest absolute Gasteiger partial charge is 0.460 e. The number of halogens is 1. The first-order valence-corrected chi connectivity index (χ1v) is 6.02. The van der Waals surface area contributed by atoms with Gasteiger partial charge in [0, 0.05) is 5.56 Å². The summed E-state index contributed by atoms with van der Waals surface area (Å²) in [5.74, 6) is 0. The fourth-order valence-electron chi connectivity index (χ4n) is 1.77. The Morgan fingerprint density at radius 1 is 1.06 bits per heavy atom. The van der Waals surface area contributed by atoms with Gasteiger partial charge in [-0.05, 0) is 18.2 Å². The molecular weight excluding hydrogens is 248 g/mol. The summed E-state index contributed by atoms with van der Waals surface area (Å²) in [5, 5.41) is 3.73. The van der Waals surface area contributed by atoms with Crippen LogP contribution in [0.5, 0.6) is 0 Å². The standard InChI is InChI=1S/C14H11ClN2O/c15-11-6-2-4-8-13(11)17-14-16-12-7-3-1-5-10(12)9-18-14/h1-8H,9H2,(H,16,17). The van der Waals surface area contributed by atoms with Crippen molar-refractivity contribution in [2.24, 2.45) is 4.99 Å². The molecule has 0 fully saturated rings. The Hall–Kier alpha value is -2.00. The van der Waals surface area contributed by atoms with Crippen molar-refractivity contribution in [1.29, 1.82) is 0 Å². The Morgan fingerprint density at radius 2 is 1.83 bits per heavy atom. The Labute approximate surface area is 110 Å². The van der Waals surface area contributed by atoms with E-state index in [0.29, 0.717) is 17.7 Å². The lowest BCUT2D eigenvalue weighted by atomic mass is 10.2. The van der Waals surface area contributed by atoms with E-state index in [1.165, 1.54) is 0 Å². The number of rotatable bonds is 1. The van der Waals surface area contributed by atoms with Gasteiger partial charge in [-0.15, -0.1) is 0 Å². The quantitative estimate of drug-likeness (QED) is 0.840. The van der Waals surface area contributed by atoms with Crippen LogP contribution in [0.3, 0.4) is 0 Å².